The molecule has 0 bridgehead atoms. The maximum atomic E-state index is 5.84. The number of nitrogen functional groups attached to an aromatic ring is 1. The van der Waals surface area contributed by atoms with E-state index in [1.54, 1.807) is 0 Å². The third kappa shape index (κ3) is 2.67. The standard InChI is InChI=1S/C15H17N3/c16-14-10-13(12-7-8-12)17-15(18-14)9-6-11-4-2-1-3-5-11/h1-5,10,12H,6-9H2,(H2,16,17,18). The first kappa shape index (κ1) is 11.2. The molecule has 0 atom stereocenters. The van der Waals surface area contributed by atoms with Gasteiger partial charge in [0.15, 0.2) is 0 Å². The minimum absolute atomic E-state index is 0.606. The first-order valence-electron chi connectivity index (χ1n) is 6.48. The smallest absolute Gasteiger partial charge is 0.131 e. The maximum Gasteiger partial charge on any atom is 0.131 e. The summed E-state index contributed by atoms with van der Waals surface area (Å²) in [5.41, 5.74) is 8.29. The lowest BCUT2D eigenvalue weighted by molar-refractivity contribution is 0.833. The van der Waals surface area contributed by atoms with Crippen molar-refractivity contribution < 1.29 is 0 Å². The third-order valence-electron chi connectivity index (χ3n) is 3.29. The fourth-order valence-electron chi connectivity index (χ4n) is 2.14. The summed E-state index contributed by atoms with van der Waals surface area (Å²) in [5.74, 6) is 2.11. The second-order valence-corrected chi connectivity index (χ2v) is 4.89. The summed E-state index contributed by atoms with van der Waals surface area (Å²) in [6.45, 7) is 0. The van der Waals surface area contributed by atoms with Gasteiger partial charge in [0.1, 0.15) is 11.6 Å². The third-order valence-corrected chi connectivity index (χ3v) is 3.29. The molecular weight excluding hydrogens is 222 g/mol. The summed E-state index contributed by atoms with van der Waals surface area (Å²) in [6.07, 6.45) is 4.31. The van der Waals surface area contributed by atoms with Crippen LogP contribution in [0.2, 0.25) is 0 Å². The van der Waals surface area contributed by atoms with E-state index in [-0.39, 0.29) is 0 Å². The molecule has 18 heavy (non-hydrogen) atoms. The molecule has 1 fully saturated rings. The molecule has 0 amide bonds. The Hall–Kier alpha value is -1.90. The van der Waals surface area contributed by atoms with Crippen molar-refractivity contribution in [1.29, 1.82) is 0 Å². The van der Waals surface area contributed by atoms with Gasteiger partial charge >= 0.3 is 0 Å². The summed E-state index contributed by atoms with van der Waals surface area (Å²) in [5, 5.41) is 0. The van der Waals surface area contributed by atoms with Crippen LogP contribution in [0, 0.1) is 0 Å². The van der Waals surface area contributed by atoms with Gasteiger partial charge in [0.25, 0.3) is 0 Å². The van der Waals surface area contributed by atoms with Crippen LogP contribution >= 0.6 is 0 Å². The Kier molecular flexibility index (Phi) is 2.97. The van der Waals surface area contributed by atoms with Gasteiger partial charge in [-0.3, -0.25) is 0 Å². The van der Waals surface area contributed by atoms with Gasteiger partial charge in [0.2, 0.25) is 0 Å². The monoisotopic (exact) mass is 239 g/mol. The lowest BCUT2D eigenvalue weighted by Gasteiger charge is -2.05. The van der Waals surface area contributed by atoms with Crippen LogP contribution in [-0.2, 0) is 12.8 Å². The van der Waals surface area contributed by atoms with Crippen LogP contribution in [0.25, 0.3) is 0 Å². The van der Waals surface area contributed by atoms with E-state index in [9.17, 15) is 0 Å². The molecule has 0 aliphatic heterocycles. The number of rotatable bonds is 4. The van der Waals surface area contributed by atoms with Crippen LogP contribution in [0.5, 0.6) is 0 Å². The average Bonchev–Trinajstić information content (AvgIpc) is 3.21. The second-order valence-electron chi connectivity index (χ2n) is 4.89. The van der Waals surface area contributed by atoms with Gasteiger partial charge in [-0.05, 0) is 24.8 Å². The highest BCUT2D eigenvalue weighted by Crippen LogP contribution is 2.39. The van der Waals surface area contributed by atoms with E-state index in [1.807, 2.05) is 12.1 Å². The van der Waals surface area contributed by atoms with E-state index in [2.05, 4.69) is 34.2 Å². The first-order chi connectivity index (χ1) is 8.81. The molecule has 0 unspecified atom stereocenters. The Labute approximate surface area is 107 Å². The van der Waals surface area contributed by atoms with Crippen molar-refractivity contribution in [3.63, 3.8) is 0 Å². The van der Waals surface area contributed by atoms with Gasteiger partial charge in [0, 0.05) is 24.1 Å². The predicted molar refractivity (Wildman–Crippen MR) is 72.3 cm³/mol. The zero-order chi connectivity index (χ0) is 12.4. The first-order valence-corrected chi connectivity index (χ1v) is 6.48. The van der Waals surface area contributed by atoms with E-state index >= 15 is 0 Å². The number of anilines is 1. The molecule has 3 rings (SSSR count). The number of hydrogen-bond acceptors (Lipinski definition) is 3. The maximum absolute atomic E-state index is 5.84. The van der Waals surface area contributed by atoms with Crippen molar-refractivity contribution in [3.05, 3.63) is 53.5 Å². The van der Waals surface area contributed by atoms with Gasteiger partial charge < -0.3 is 5.73 Å². The van der Waals surface area contributed by atoms with Gasteiger partial charge in [-0.15, -0.1) is 0 Å². The Morgan fingerprint density at radius 3 is 2.56 bits per heavy atom. The van der Waals surface area contributed by atoms with Gasteiger partial charge in [-0.1, -0.05) is 30.3 Å². The molecule has 3 nitrogen and oxygen atoms in total. The number of aryl methyl sites for hydroxylation is 2. The molecule has 2 aromatic rings. The van der Waals surface area contributed by atoms with E-state index in [0.29, 0.717) is 11.7 Å². The molecule has 1 aliphatic carbocycles. The van der Waals surface area contributed by atoms with E-state index in [0.717, 1.165) is 24.4 Å². The zero-order valence-corrected chi connectivity index (χ0v) is 10.3. The lowest BCUT2D eigenvalue weighted by atomic mass is 10.1. The minimum atomic E-state index is 0.606. The number of nitrogens with zero attached hydrogens (tertiary/aromatic N) is 2. The second kappa shape index (κ2) is 4.77. The van der Waals surface area contributed by atoms with Crippen molar-refractivity contribution in [3.8, 4) is 0 Å². The molecule has 0 radical (unpaired) electrons. The summed E-state index contributed by atoms with van der Waals surface area (Å²) in [4.78, 5) is 8.95. The zero-order valence-electron chi connectivity index (χ0n) is 10.3. The molecule has 1 aromatic carbocycles. The molecule has 1 aliphatic rings. The van der Waals surface area contributed by atoms with Gasteiger partial charge in [-0.2, -0.15) is 0 Å². The Bertz CT molecular complexity index is 533. The Balaban J connectivity index is 1.72. The highest BCUT2D eigenvalue weighted by atomic mass is 14.9. The molecule has 0 spiro atoms. The molecule has 1 aromatic heterocycles. The summed E-state index contributed by atoms with van der Waals surface area (Å²) in [7, 11) is 0. The van der Waals surface area contributed by atoms with Crippen LogP contribution in [0.3, 0.4) is 0 Å². The molecule has 1 saturated carbocycles. The van der Waals surface area contributed by atoms with E-state index in [4.69, 9.17) is 5.73 Å². The topological polar surface area (TPSA) is 51.8 Å². The van der Waals surface area contributed by atoms with Crippen LogP contribution in [-0.4, -0.2) is 9.97 Å². The van der Waals surface area contributed by atoms with Crippen LogP contribution in [0.1, 0.15) is 35.8 Å². The highest BCUT2D eigenvalue weighted by Gasteiger charge is 2.25. The van der Waals surface area contributed by atoms with Crippen molar-refractivity contribution in [2.45, 2.75) is 31.6 Å². The fourth-order valence-corrected chi connectivity index (χ4v) is 2.14. The average molecular weight is 239 g/mol. The number of hydrogen-bond donors (Lipinski definition) is 1. The molecule has 1 heterocycles. The highest BCUT2D eigenvalue weighted by molar-refractivity contribution is 5.33. The van der Waals surface area contributed by atoms with Crippen molar-refractivity contribution >= 4 is 5.82 Å². The molecule has 3 heteroatoms. The van der Waals surface area contributed by atoms with Gasteiger partial charge in [-0.25, -0.2) is 9.97 Å². The SMILES string of the molecule is Nc1cc(C2CC2)nc(CCc2ccccc2)n1. The summed E-state index contributed by atoms with van der Waals surface area (Å²) in [6, 6.07) is 12.3. The van der Waals surface area contributed by atoms with Gasteiger partial charge in [0.05, 0.1) is 0 Å². The minimum Gasteiger partial charge on any atom is -0.384 e. The molecular formula is C15H17N3. The summed E-state index contributed by atoms with van der Waals surface area (Å²) >= 11 is 0. The van der Waals surface area contributed by atoms with Crippen molar-refractivity contribution in [2.24, 2.45) is 0 Å². The Morgan fingerprint density at radius 1 is 1.06 bits per heavy atom. The number of aromatic nitrogens is 2. The molecule has 92 valence electrons. The van der Waals surface area contributed by atoms with Crippen molar-refractivity contribution in [1.82, 2.24) is 9.97 Å². The Morgan fingerprint density at radius 2 is 1.83 bits per heavy atom. The predicted octanol–water partition coefficient (Wildman–Crippen LogP) is 2.72. The molecule has 2 N–H and O–H groups in total. The normalized spacial score (nSPS) is 14.7. The van der Waals surface area contributed by atoms with Crippen molar-refractivity contribution in [2.75, 3.05) is 5.73 Å². The molecule has 0 saturated heterocycles. The summed E-state index contributed by atoms with van der Waals surface area (Å²) < 4.78 is 0. The number of benzene rings is 1. The van der Waals surface area contributed by atoms with E-state index in [1.165, 1.54) is 18.4 Å². The quantitative estimate of drug-likeness (QED) is 0.892. The lowest BCUT2D eigenvalue weighted by Crippen LogP contribution is -2.04. The van der Waals surface area contributed by atoms with E-state index < -0.39 is 0 Å². The number of nitrogens with two attached hydrogens (primary N) is 1. The fraction of sp³-hybridized carbons (Fsp3) is 0.333. The van der Waals surface area contributed by atoms with Crippen LogP contribution in [0.15, 0.2) is 36.4 Å². The largest absolute Gasteiger partial charge is 0.384 e. The van der Waals surface area contributed by atoms with Crippen LogP contribution in [0.4, 0.5) is 5.82 Å². The van der Waals surface area contributed by atoms with Crippen LogP contribution < -0.4 is 5.73 Å².